The standard InChI is InChI=1S/C13H17FN2O/c1-9(7-15)8-16(3)13-5-4-11(14)6-12(13)10(2)17/h4-6,9-10,17H,8H2,1-3H3. The van der Waals surface area contributed by atoms with Gasteiger partial charge in [0.1, 0.15) is 5.82 Å². The molecule has 0 amide bonds. The Kier molecular flexibility index (Phi) is 4.47. The van der Waals surface area contributed by atoms with E-state index in [1.54, 1.807) is 13.0 Å². The number of rotatable bonds is 4. The van der Waals surface area contributed by atoms with Gasteiger partial charge in [0, 0.05) is 24.8 Å². The summed E-state index contributed by atoms with van der Waals surface area (Å²) in [6.07, 6.45) is -0.736. The highest BCUT2D eigenvalue weighted by molar-refractivity contribution is 5.54. The molecule has 0 heterocycles. The van der Waals surface area contributed by atoms with Crippen LogP contribution in [0.15, 0.2) is 18.2 Å². The van der Waals surface area contributed by atoms with E-state index in [4.69, 9.17) is 5.26 Å². The highest BCUT2D eigenvalue weighted by atomic mass is 19.1. The molecule has 1 rings (SSSR count). The van der Waals surface area contributed by atoms with Crippen LogP contribution in [0.25, 0.3) is 0 Å². The molecule has 0 aromatic heterocycles. The molecule has 0 fully saturated rings. The van der Waals surface area contributed by atoms with Crippen LogP contribution in [0.3, 0.4) is 0 Å². The van der Waals surface area contributed by atoms with Gasteiger partial charge in [-0.3, -0.25) is 0 Å². The highest BCUT2D eigenvalue weighted by Gasteiger charge is 2.14. The number of benzene rings is 1. The fraction of sp³-hybridized carbons (Fsp3) is 0.462. The molecular weight excluding hydrogens is 219 g/mol. The zero-order chi connectivity index (χ0) is 13.0. The SMILES string of the molecule is CC(C#N)CN(C)c1ccc(F)cc1C(C)O. The van der Waals surface area contributed by atoms with Crippen molar-refractivity contribution < 1.29 is 9.50 Å². The lowest BCUT2D eigenvalue weighted by Crippen LogP contribution is -2.24. The zero-order valence-corrected chi connectivity index (χ0v) is 10.3. The zero-order valence-electron chi connectivity index (χ0n) is 10.3. The molecule has 0 spiro atoms. The van der Waals surface area contributed by atoms with Gasteiger partial charge in [-0.25, -0.2) is 4.39 Å². The van der Waals surface area contributed by atoms with Crippen LogP contribution in [0.1, 0.15) is 25.5 Å². The summed E-state index contributed by atoms with van der Waals surface area (Å²) in [5, 5.41) is 18.4. The lowest BCUT2D eigenvalue weighted by atomic mass is 10.1. The van der Waals surface area contributed by atoms with Gasteiger partial charge in [0.05, 0.1) is 18.1 Å². The Morgan fingerprint density at radius 1 is 1.47 bits per heavy atom. The third-order valence-corrected chi connectivity index (χ3v) is 2.62. The largest absolute Gasteiger partial charge is 0.389 e. The van der Waals surface area contributed by atoms with Crippen molar-refractivity contribution in [2.75, 3.05) is 18.5 Å². The highest BCUT2D eigenvalue weighted by Crippen LogP contribution is 2.26. The molecule has 17 heavy (non-hydrogen) atoms. The van der Waals surface area contributed by atoms with Crippen molar-refractivity contribution in [1.29, 1.82) is 5.26 Å². The Morgan fingerprint density at radius 2 is 2.12 bits per heavy atom. The molecule has 1 aromatic rings. The summed E-state index contributed by atoms with van der Waals surface area (Å²) >= 11 is 0. The van der Waals surface area contributed by atoms with Gasteiger partial charge in [0.15, 0.2) is 0 Å². The van der Waals surface area contributed by atoms with Gasteiger partial charge in [0.2, 0.25) is 0 Å². The van der Waals surface area contributed by atoms with Gasteiger partial charge < -0.3 is 10.0 Å². The Labute approximate surface area is 101 Å². The second-order valence-corrected chi connectivity index (χ2v) is 4.29. The lowest BCUT2D eigenvalue weighted by molar-refractivity contribution is 0.199. The maximum absolute atomic E-state index is 13.1. The number of nitriles is 1. The molecule has 3 nitrogen and oxygen atoms in total. The molecule has 92 valence electrons. The van der Waals surface area contributed by atoms with Gasteiger partial charge in [0.25, 0.3) is 0 Å². The van der Waals surface area contributed by atoms with Crippen LogP contribution in [0.4, 0.5) is 10.1 Å². The molecule has 0 aliphatic rings. The minimum Gasteiger partial charge on any atom is -0.389 e. The Morgan fingerprint density at radius 3 is 2.65 bits per heavy atom. The Balaban J connectivity index is 3.01. The van der Waals surface area contributed by atoms with Crippen LogP contribution in [0, 0.1) is 23.1 Å². The number of aliphatic hydroxyl groups is 1. The molecule has 0 aliphatic heterocycles. The summed E-state index contributed by atoms with van der Waals surface area (Å²) in [5.74, 6) is -0.488. The molecule has 2 unspecified atom stereocenters. The molecule has 0 bridgehead atoms. The molecule has 1 N–H and O–H groups in total. The van der Waals surface area contributed by atoms with Gasteiger partial charge in [-0.2, -0.15) is 5.26 Å². The molecule has 0 radical (unpaired) electrons. The maximum Gasteiger partial charge on any atom is 0.123 e. The van der Waals surface area contributed by atoms with E-state index in [1.807, 2.05) is 18.9 Å². The summed E-state index contributed by atoms with van der Waals surface area (Å²) in [6.45, 7) is 3.96. The minimum atomic E-state index is -0.736. The second-order valence-electron chi connectivity index (χ2n) is 4.29. The van der Waals surface area contributed by atoms with E-state index >= 15 is 0 Å². The number of aliphatic hydroxyl groups excluding tert-OH is 1. The van der Waals surface area contributed by atoms with Crippen LogP contribution >= 0.6 is 0 Å². The molecule has 0 aliphatic carbocycles. The first kappa shape index (κ1) is 13.5. The summed E-state index contributed by atoms with van der Waals surface area (Å²) in [4.78, 5) is 1.86. The van der Waals surface area contributed by atoms with Gasteiger partial charge >= 0.3 is 0 Å². The van der Waals surface area contributed by atoms with Crippen LogP contribution in [0.5, 0.6) is 0 Å². The Bertz CT molecular complexity index is 426. The average Bonchev–Trinajstić information content (AvgIpc) is 2.28. The van der Waals surface area contributed by atoms with E-state index in [1.165, 1.54) is 12.1 Å². The van der Waals surface area contributed by atoms with E-state index in [-0.39, 0.29) is 11.7 Å². The monoisotopic (exact) mass is 236 g/mol. The number of anilines is 1. The number of halogens is 1. The van der Waals surface area contributed by atoms with Gasteiger partial charge in [-0.05, 0) is 32.0 Å². The third kappa shape index (κ3) is 3.43. The fourth-order valence-electron chi connectivity index (χ4n) is 1.76. The maximum atomic E-state index is 13.1. The molecule has 1 aromatic carbocycles. The summed E-state index contributed by atoms with van der Waals surface area (Å²) < 4.78 is 13.1. The Hall–Kier alpha value is -1.60. The molecule has 2 atom stereocenters. The average molecular weight is 236 g/mol. The normalized spacial score (nSPS) is 13.9. The molecule has 0 saturated carbocycles. The first-order chi connectivity index (χ1) is 7.95. The second kappa shape index (κ2) is 5.65. The predicted molar refractivity (Wildman–Crippen MR) is 65.1 cm³/mol. The predicted octanol–water partition coefficient (Wildman–Crippen LogP) is 2.47. The van der Waals surface area contributed by atoms with Crippen LogP contribution in [-0.2, 0) is 0 Å². The van der Waals surface area contributed by atoms with E-state index in [2.05, 4.69) is 6.07 Å². The quantitative estimate of drug-likeness (QED) is 0.873. The van der Waals surface area contributed by atoms with Crippen molar-refractivity contribution in [1.82, 2.24) is 0 Å². The first-order valence-corrected chi connectivity index (χ1v) is 5.54. The van der Waals surface area contributed by atoms with Crippen LogP contribution < -0.4 is 4.90 Å². The van der Waals surface area contributed by atoms with Crippen molar-refractivity contribution in [3.8, 4) is 6.07 Å². The first-order valence-electron chi connectivity index (χ1n) is 5.54. The van der Waals surface area contributed by atoms with Gasteiger partial charge in [-0.1, -0.05) is 0 Å². The van der Waals surface area contributed by atoms with E-state index < -0.39 is 6.10 Å². The topological polar surface area (TPSA) is 47.3 Å². The summed E-state index contributed by atoms with van der Waals surface area (Å²) in [6, 6.07) is 6.46. The molecular formula is C13H17FN2O. The molecule has 0 saturated heterocycles. The van der Waals surface area contributed by atoms with E-state index in [0.717, 1.165) is 5.69 Å². The summed E-state index contributed by atoms with van der Waals surface area (Å²) in [5.41, 5.74) is 1.29. The van der Waals surface area contributed by atoms with Crippen molar-refractivity contribution in [2.45, 2.75) is 20.0 Å². The van der Waals surface area contributed by atoms with E-state index in [9.17, 15) is 9.50 Å². The smallest absolute Gasteiger partial charge is 0.123 e. The fourth-order valence-corrected chi connectivity index (χ4v) is 1.76. The molecule has 4 heteroatoms. The lowest BCUT2D eigenvalue weighted by Gasteiger charge is -2.24. The van der Waals surface area contributed by atoms with Crippen molar-refractivity contribution in [3.05, 3.63) is 29.6 Å². The number of hydrogen-bond acceptors (Lipinski definition) is 3. The van der Waals surface area contributed by atoms with Crippen LogP contribution in [0.2, 0.25) is 0 Å². The third-order valence-electron chi connectivity index (χ3n) is 2.62. The minimum absolute atomic E-state index is 0.119. The van der Waals surface area contributed by atoms with Crippen LogP contribution in [-0.4, -0.2) is 18.7 Å². The number of hydrogen-bond donors (Lipinski definition) is 1. The van der Waals surface area contributed by atoms with E-state index in [0.29, 0.717) is 12.1 Å². The number of nitrogens with zero attached hydrogens (tertiary/aromatic N) is 2. The van der Waals surface area contributed by atoms with Crippen molar-refractivity contribution >= 4 is 5.69 Å². The van der Waals surface area contributed by atoms with Crippen molar-refractivity contribution in [3.63, 3.8) is 0 Å². The van der Waals surface area contributed by atoms with Gasteiger partial charge in [-0.15, -0.1) is 0 Å². The summed E-state index contributed by atoms with van der Waals surface area (Å²) in [7, 11) is 1.83. The van der Waals surface area contributed by atoms with Crippen molar-refractivity contribution in [2.24, 2.45) is 5.92 Å².